The van der Waals surface area contributed by atoms with Crippen LogP contribution in [0.25, 0.3) is 11.2 Å². The first kappa shape index (κ1) is 12.0. The first-order valence-electron chi connectivity index (χ1n) is 5.76. The molecule has 4 N–H and O–H groups in total. The van der Waals surface area contributed by atoms with Gasteiger partial charge in [-0.2, -0.15) is 0 Å². The Morgan fingerprint density at radius 3 is 3.00 bits per heavy atom. The Kier molecular flexibility index (Phi) is 2.90. The summed E-state index contributed by atoms with van der Waals surface area (Å²) >= 11 is 0. The van der Waals surface area contributed by atoms with E-state index >= 15 is 0 Å². The minimum absolute atomic E-state index is 0.303. The summed E-state index contributed by atoms with van der Waals surface area (Å²) in [5.74, 6) is 0.303. The highest BCUT2D eigenvalue weighted by Crippen LogP contribution is 2.26. The standard InChI is InChI=1S/C11H13N5O3/c12-10-9-11(14-4-13-10)16(5-15-9)8-2-1-7(19-8)6(18)3-17/h1-2,4-8,17-18H,3H2,(H2,12,13,14)/t6-,7+,8-/m1/s1. The van der Waals surface area contributed by atoms with Crippen LogP contribution in [-0.4, -0.2) is 48.5 Å². The van der Waals surface area contributed by atoms with Crippen molar-refractivity contribution >= 4 is 17.0 Å². The summed E-state index contributed by atoms with van der Waals surface area (Å²) in [6, 6.07) is 0. The molecular weight excluding hydrogens is 250 g/mol. The molecule has 19 heavy (non-hydrogen) atoms. The Morgan fingerprint density at radius 1 is 1.37 bits per heavy atom. The molecule has 1 aliphatic rings. The van der Waals surface area contributed by atoms with Gasteiger partial charge in [-0.15, -0.1) is 0 Å². The second kappa shape index (κ2) is 4.57. The van der Waals surface area contributed by atoms with Crippen molar-refractivity contribution in [1.29, 1.82) is 0 Å². The zero-order chi connectivity index (χ0) is 13.4. The van der Waals surface area contributed by atoms with Crippen LogP contribution < -0.4 is 5.73 Å². The molecule has 0 bridgehead atoms. The Bertz CT molecular complexity index is 626. The second-order valence-electron chi connectivity index (χ2n) is 4.21. The molecule has 0 saturated heterocycles. The highest BCUT2D eigenvalue weighted by atomic mass is 16.5. The lowest BCUT2D eigenvalue weighted by Gasteiger charge is -2.18. The van der Waals surface area contributed by atoms with Crippen LogP contribution in [0, 0.1) is 0 Å². The maximum Gasteiger partial charge on any atom is 0.167 e. The molecule has 8 heteroatoms. The number of hydrogen-bond acceptors (Lipinski definition) is 7. The first-order chi connectivity index (χ1) is 9.20. The maximum absolute atomic E-state index is 9.53. The third kappa shape index (κ3) is 1.95. The maximum atomic E-state index is 9.53. The van der Waals surface area contributed by atoms with Crippen LogP contribution in [0.15, 0.2) is 24.8 Å². The molecule has 0 spiro atoms. The molecule has 2 aromatic heterocycles. The smallest absolute Gasteiger partial charge is 0.167 e. The van der Waals surface area contributed by atoms with Gasteiger partial charge in [-0.1, -0.05) is 6.08 Å². The number of aromatic nitrogens is 4. The summed E-state index contributed by atoms with van der Waals surface area (Å²) in [4.78, 5) is 12.1. The van der Waals surface area contributed by atoms with Crippen molar-refractivity contribution in [2.75, 3.05) is 12.3 Å². The first-order valence-corrected chi connectivity index (χ1v) is 5.76. The minimum atomic E-state index is -0.948. The summed E-state index contributed by atoms with van der Waals surface area (Å²) in [6.45, 7) is -0.360. The summed E-state index contributed by atoms with van der Waals surface area (Å²) in [7, 11) is 0. The van der Waals surface area contributed by atoms with Crippen LogP contribution in [0.1, 0.15) is 6.23 Å². The fourth-order valence-electron chi connectivity index (χ4n) is 1.99. The van der Waals surface area contributed by atoms with E-state index < -0.39 is 18.4 Å². The Hall–Kier alpha value is -2.03. The zero-order valence-corrected chi connectivity index (χ0v) is 9.92. The third-order valence-corrected chi connectivity index (χ3v) is 2.99. The van der Waals surface area contributed by atoms with Gasteiger partial charge in [-0.3, -0.25) is 4.57 Å². The van der Waals surface area contributed by atoms with Gasteiger partial charge in [0.25, 0.3) is 0 Å². The van der Waals surface area contributed by atoms with E-state index in [9.17, 15) is 5.11 Å². The lowest BCUT2D eigenvalue weighted by Crippen LogP contribution is -2.29. The molecule has 8 nitrogen and oxygen atoms in total. The highest BCUT2D eigenvalue weighted by Gasteiger charge is 2.27. The number of rotatable bonds is 3. The number of anilines is 1. The molecule has 100 valence electrons. The monoisotopic (exact) mass is 263 g/mol. The predicted octanol–water partition coefficient (Wildman–Crippen LogP) is -0.785. The van der Waals surface area contributed by atoms with Crippen molar-refractivity contribution in [3.05, 3.63) is 24.8 Å². The number of aliphatic hydroxyl groups excluding tert-OH is 2. The van der Waals surface area contributed by atoms with E-state index in [1.165, 1.54) is 6.33 Å². The molecule has 3 heterocycles. The molecule has 0 unspecified atom stereocenters. The molecule has 0 fully saturated rings. The van der Waals surface area contributed by atoms with E-state index in [-0.39, 0.29) is 6.61 Å². The van der Waals surface area contributed by atoms with E-state index in [1.807, 2.05) is 0 Å². The summed E-state index contributed by atoms with van der Waals surface area (Å²) in [5, 5.41) is 18.4. The van der Waals surface area contributed by atoms with Crippen molar-refractivity contribution in [2.24, 2.45) is 0 Å². The average Bonchev–Trinajstić information content (AvgIpc) is 3.04. The molecular formula is C11H13N5O3. The van der Waals surface area contributed by atoms with Gasteiger partial charge in [0.2, 0.25) is 0 Å². The lowest BCUT2D eigenvalue weighted by atomic mass is 10.2. The predicted molar refractivity (Wildman–Crippen MR) is 65.9 cm³/mol. The molecule has 0 saturated carbocycles. The Labute approximate surface area is 108 Å². The van der Waals surface area contributed by atoms with Gasteiger partial charge < -0.3 is 20.7 Å². The fourth-order valence-corrected chi connectivity index (χ4v) is 1.99. The molecule has 3 rings (SSSR count). The number of nitrogens with zero attached hydrogens (tertiary/aromatic N) is 4. The summed E-state index contributed by atoms with van der Waals surface area (Å²) in [5.41, 5.74) is 6.77. The van der Waals surface area contributed by atoms with Crippen LogP contribution in [0.5, 0.6) is 0 Å². The van der Waals surface area contributed by atoms with E-state index in [0.717, 1.165) is 0 Å². The van der Waals surface area contributed by atoms with Crippen LogP contribution >= 0.6 is 0 Å². The average molecular weight is 263 g/mol. The van der Waals surface area contributed by atoms with Crippen LogP contribution in [0.3, 0.4) is 0 Å². The fraction of sp³-hybridized carbons (Fsp3) is 0.364. The van der Waals surface area contributed by atoms with Gasteiger partial charge >= 0.3 is 0 Å². The number of hydrogen-bond donors (Lipinski definition) is 3. The van der Waals surface area contributed by atoms with Crippen molar-refractivity contribution in [1.82, 2.24) is 19.5 Å². The van der Waals surface area contributed by atoms with Gasteiger partial charge in [0, 0.05) is 0 Å². The number of ether oxygens (including phenoxy) is 1. The van der Waals surface area contributed by atoms with Gasteiger partial charge in [-0.25, -0.2) is 15.0 Å². The number of nitrogens with two attached hydrogens (primary N) is 1. The second-order valence-corrected chi connectivity index (χ2v) is 4.21. The van der Waals surface area contributed by atoms with Gasteiger partial charge in [0.15, 0.2) is 17.7 Å². The molecule has 0 aliphatic carbocycles. The largest absolute Gasteiger partial charge is 0.394 e. The van der Waals surface area contributed by atoms with Crippen LogP contribution in [0.4, 0.5) is 5.82 Å². The van der Waals surface area contributed by atoms with E-state index in [2.05, 4.69) is 15.0 Å². The van der Waals surface area contributed by atoms with E-state index in [4.69, 9.17) is 15.6 Å². The summed E-state index contributed by atoms with van der Waals surface area (Å²) in [6.07, 6.45) is 4.44. The zero-order valence-electron chi connectivity index (χ0n) is 9.92. The van der Waals surface area contributed by atoms with E-state index in [0.29, 0.717) is 17.0 Å². The van der Waals surface area contributed by atoms with Gasteiger partial charge in [0.1, 0.15) is 24.1 Å². The normalized spacial score (nSPS) is 24.1. The number of fused-ring (bicyclic) bond motifs is 1. The van der Waals surface area contributed by atoms with Crippen LogP contribution in [0.2, 0.25) is 0 Å². The Morgan fingerprint density at radius 2 is 2.21 bits per heavy atom. The van der Waals surface area contributed by atoms with E-state index in [1.54, 1.807) is 23.0 Å². The molecule has 1 aliphatic heterocycles. The topological polar surface area (TPSA) is 119 Å². The molecule has 0 radical (unpaired) electrons. The number of aliphatic hydroxyl groups is 2. The van der Waals surface area contributed by atoms with Gasteiger partial charge in [0.05, 0.1) is 12.9 Å². The van der Waals surface area contributed by atoms with Crippen LogP contribution in [-0.2, 0) is 4.74 Å². The van der Waals surface area contributed by atoms with Crippen molar-refractivity contribution in [3.8, 4) is 0 Å². The number of nitrogen functional groups attached to an aromatic ring is 1. The van der Waals surface area contributed by atoms with Crippen molar-refractivity contribution < 1.29 is 14.9 Å². The molecule has 2 aromatic rings. The van der Waals surface area contributed by atoms with Crippen molar-refractivity contribution in [3.63, 3.8) is 0 Å². The lowest BCUT2D eigenvalue weighted by molar-refractivity contribution is -0.0613. The third-order valence-electron chi connectivity index (χ3n) is 2.99. The molecule has 0 amide bonds. The highest BCUT2D eigenvalue weighted by molar-refractivity contribution is 5.81. The molecule has 0 aromatic carbocycles. The SMILES string of the molecule is Nc1ncnc2c1ncn2[C@H]1C=C[C@@H]([C@H](O)CO)O1. The quantitative estimate of drug-likeness (QED) is 0.621. The molecule has 3 atom stereocenters. The summed E-state index contributed by atoms with van der Waals surface area (Å²) < 4.78 is 7.30. The number of imidazole rings is 1. The Balaban J connectivity index is 1.91. The van der Waals surface area contributed by atoms with Crippen molar-refractivity contribution in [2.45, 2.75) is 18.4 Å². The van der Waals surface area contributed by atoms with Gasteiger partial charge in [-0.05, 0) is 6.08 Å². The minimum Gasteiger partial charge on any atom is -0.394 e.